The largest absolute Gasteiger partial charge is 0.325 e. The van der Waals surface area contributed by atoms with E-state index in [0.717, 1.165) is 5.52 Å². The van der Waals surface area contributed by atoms with Crippen molar-refractivity contribution >= 4 is 17.5 Å². The van der Waals surface area contributed by atoms with Gasteiger partial charge in [0.1, 0.15) is 11.6 Å². The zero-order valence-corrected chi connectivity index (χ0v) is 14.0. The van der Waals surface area contributed by atoms with Gasteiger partial charge in [0.2, 0.25) is 0 Å². The van der Waals surface area contributed by atoms with E-state index in [4.69, 9.17) is 0 Å². The molecule has 0 saturated carbocycles. The maximum Gasteiger partial charge on any atom is 0.325 e. The highest BCUT2D eigenvalue weighted by Gasteiger charge is 2.47. The molecule has 0 spiro atoms. The number of pyridine rings is 1. The number of hydrogen-bond donors (Lipinski definition) is 1. The van der Waals surface area contributed by atoms with Crippen molar-refractivity contribution in [3.8, 4) is 6.07 Å². The first kappa shape index (κ1) is 16.1. The minimum absolute atomic E-state index is 0.100. The molecule has 0 aliphatic carbocycles. The molecule has 6 nitrogen and oxygen atoms in total. The standard InChI is InChI=1S/C18H20N4O2/c1-12(2)8-18(3)16(23)22(17(24)20-18)11-13-10-21-7-5-4-6-15(21)14(13)9-19/h4-7,10,12H,8,11H2,1-3H3,(H,20,24). The Bertz CT molecular complexity index is 862. The molecular weight excluding hydrogens is 304 g/mol. The van der Waals surface area contributed by atoms with Crippen LogP contribution in [0, 0.1) is 17.2 Å². The highest BCUT2D eigenvalue weighted by Crippen LogP contribution is 2.27. The summed E-state index contributed by atoms with van der Waals surface area (Å²) in [6.45, 7) is 5.89. The van der Waals surface area contributed by atoms with E-state index in [1.54, 1.807) is 13.1 Å². The van der Waals surface area contributed by atoms with Crippen LogP contribution < -0.4 is 5.32 Å². The third-order valence-corrected chi connectivity index (χ3v) is 4.36. The van der Waals surface area contributed by atoms with Gasteiger partial charge in [0, 0.05) is 18.0 Å². The molecule has 1 unspecified atom stereocenters. The fourth-order valence-corrected chi connectivity index (χ4v) is 3.44. The Morgan fingerprint density at radius 2 is 2.08 bits per heavy atom. The Morgan fingerprint density at radius 1 is 1.33 bits per heavy atom. The second-order valence-corrected chi connectivity index (χ2v) is 6.89. The molecule has 2 aromatic heterocycles. The Morgan fingerprint density at radius 3 is 2.75 bits per heavy atom. The topological polar surface area (TPSA) is 77.6 Å². The summed E-state index contributed by atoms with van der Waals surface area (Å²) in [5.74, 6) is 0.0475. The summed E-state index contributed by atoms with van der Waals surface area (Å²) >= 11 is 0. The molecule has 6 heteroatoms. The predicted octanol–water partition coefficient (Wildman–Crippen LogP) is 2.67. The Hall–Kier alpha value is -2.81. The van der Waals surface area contributed by atoms with Crippen molar-refractivity contribution in [2.24, 2.45) is 5.92 Å². The maximum absolute atomic E-state index is 12.7. The second-order valence-electron chi connectivity index (χ2n) is 6.89. The zero-order valence-electron chi connectivity index (χ0n) is 14.0. The van der Waals surface area contributed by atoms with Crippen LogP contribution in [0.4, 0.5) is 4.79 Å². The number of rotatable bonds is 4. The van der Waals surface area contributed by atoms with Crippen LogP contribution in [-0.2, 0) is 11.3 Å². The number of urea groups is 1. The van der Waals surface area contributed by atoms with Gasteiger partial charge < -0.3 is 9.72 Å². The molecule has 1 atom stereocenters. The van der Waals surface area contributed by atoms with Crippen LogP contribution in [0.2, 0.25) is 0 Å². The normalized spacial score (nSPS) is 20.7. The molecule has 1 saturated heterocycles. The maximum atomic E-state index is 12.7. The molecule has 1 N–H and O–H groups in total. The smallest absolute Gasteiger partial charge is 0.323 e. The average Bonchev–Trinajstić information content (AvgIpc) is 2.96. The third-order valence-electron chi connectivity index (χ3n) is 4.36. The second kappa shape index (κ2) is 5.68. The van der Waals surface area contributed by atoms with Gasteiger partial charge in [0.15, 0.2) is 0 Å². The van der Waals surface area contributed by atoms with Gasteiger partial charge in [-0.25, -0.2) is 4.79 Å². The molecule has 0 bridgehead atoms. The van der Waals surface area contributed by atoms with E-state index in [1.165, 1.54) is 4.90 Å². The molecule has 2 aromatic rings. The lowest BCUT2D eigenvalue weighted by molar-refractivity contribution is -0.131. The van der Waals surface area contributed by atoms with Crippen molar-refractivity contribution in [3.63, 3.8) is 0 Å². The van der Waals surface area contributed by atoms with Gasteiger partial charge in [0.05, 0.1) is 17.6 Å². The molecule has 3 rings (SSSR count). The van der Waals surface area contributed by atoms with Crippen molar-refractivity contribution in [1.29, 1.82) is 5.26 Å². The lowest BCUT2D eigenvalue weighted by Crippen LogP contribution is -2.44. The van der Waals surface area contributed by atoms with Gasteiger partial charge in [-0.15, -0.1) is 0 Å². The van der Waals surface area contributed by atoms with Crippen molar-refractivity contribution in [2.45, 2.75) is 39.3 Å². The van der Waals surface area contributed by atoms with E-state index in [2.05, 4.69) is 11.4 Å². The highest BCUT2D eigenvalue weighted by molar-refractivity contribution is 6.06. The summed E-state index contributed by atoms with van der Waals surface area (Å²) in [5, 5.41) is 12.3. The molecule has 3 amide bonds. The summed E-state index contributed by atoms with van der Waals surface area (Å²) in [5.41, 5.74) is 1.05. The number of carbonyl (C=O) groups is 2. The van der Waals surface area contributed by atoms with E-state index in [1.807, 2.05) is 42.6 Å². The van der Waals surface area contributed by atoms with E-state index in [0.29, 0.717) is 17.5 Å². The average molecular weight is 324 g/mol. The van der Waals surface area contributed by atoms with Crippen LogP contribution in [0.1, 0.15) is 38.3 Å². The highest BCUT2D eigenvalue weighted by atomic mass is 16.2. The fraction of sp³-hybridized carbons (Fsp3) is 0.389. The molecule has 0 radical (unpaired) electrons. The quantitative estimate of drug-likeness (QED) is 0.878. The van der Waals surface area contributed by atoms with Gasteiger partial charge in [-0.05, 0) is 31.4 Å². The number of nitrogens with one attached hydrogen (secondary N) is 1. The van der Waals surface area contributed by atoms with Crippen molar-refractivity contribution in [3.05, 3.63) is 41.7 Å². The summed E-state index contributed by atoms with van der Waals surface area (Å²) in [4.78, 5) is 26.3. The van der Waals surface area contributed by atoms with Crippen molar-refractivity contribution in [1.82, 2.24) is 14.6 Å². The van der Waals surface area contributed by atoms with Crippen LogP contribution in [0.25, 0.3) is 5.52 Å². The van der Waals surface area contributed by atoms with E-state index in [-0.39, 0.29) is 18.4 Å². The zero-order chi connectivity index (χ0) is 17.5. The van der Waals surface area contributed by atoms with Crippen molar-refractivity contribution in [2.75, 3.05) is 0 Å². The minimum Gasteiger partial charge on any atom is -0.323 e. The first-order valence-corrected chi connectivity index (χ1v) is 7.98. The van der Waals surface area contributed by atoms with Crippen LogP contribution in [0.5, 0.6) is 0 Å². The number of nitrogens with zero attached hydrogens (tertiary/aromatic N) is 3. The van der Waals surface area contributed by atoms with Gasteiger partial charge in [-0.2, -0.15) is 5.26 Å². The molecule has 24 heavy (non-hydrogen) atoms. The number of carbonyl (C=O) groups excluding carboxylic acids is 2. The minimum atomic E-state index is -0.878. The molecule has 1 fully saturated rings. The molecular formula is C18H20N4O2. The van der Waals surface area contributed by atoms with Crippen LogP contribution in [0.3, 0.4) is 0 Å². The van der Waals surface area contributed by atoms with Crippen molar-refractivity contribution < 1.29 is 9.59 Å². The lowest BCUT2D eigenvalue weighted by atomic mass is 9.91. The van der Waals surface area contributed by atoms with E-state index < -0.39 is 11.6 Å². The molecule has 124 valence electrons. The molecule has 1 aliphatic heterocycles. The summed E-state index contributed by atoms with van der Waals surface area (Å²) < 4.78 is 1.83. The number of amides is 3. The number of fused-ring (bicyclic) bond motifs is 1. The van der Waals surface area contributed by atoms with Gasteiger partial charge in [0.25, 0.3) is 5.91 Å². The predicted molar refractivity (Wildman–Crippen MR) is 89.1 cm³/mol. The third kappa shape index (κ3) is 2.52. The fourth-order valence-electron chi connectivity index (χ4n) is 3.44. The Balaban J connectivity index is 1.93. The number of hydrogen-bond acceptors (Lipinski definition) is 3. The summed E-state index contributed by atoms with van der Waals surface area (Å²) in [7, 11) is 0. The summed E-state index contributed by atoms with van der Waals surface area (Å²) in [6.07, 6.45) is 4.22. The molecule has 3 heterocycles. The first-order chi connectivity index (χ1) is 11.4. The lowest BCUT2D eigenvalue weighted by Gasteiger charge is -2.23. The van der Waals surface area contributed by atoms with E-state index >= 15 is 0 Å². The SMILES string of the molecule is CC(C)CC1(C)NC(=O)N(Cc2cn3ccccc3c2C#N)C1=O. The van der Waals surface area contributed by atoms with E-state index in [9.17, 15) is 14.9 Å². The van der Waals surface area contributed by atoms with Crippen LogP contribution >= 0.6 is 0 Å². The van der Waals surface area contributed by atoms with Crippen LogP contribution in [0.15, 0.2) is 30.6 Å². The number of aromatic nitrogens is 1. The first-order valence-electron chi connectivity index (χ1n) is 7.98. The molecule has 1 aliphatic rings. The number of imide groups is 1. The van der Waals surface area contributed by atoms with Crippen LogP contribution in [-0.4, -0.2) is 26.8 Å². The van der Waals surface area contributed by atoms with Gasteiger partial charge in [-0.1, -0.05) is 19.9 Å². The number of nitriles is 1. The van der Waals surface area contributed by atoms with Gasteiger partial charge in [-0.3, -0.25) is 9.69 Å². The van der Waals surface area contributed by atoms with Gasteiger partial charge >= 0.3 is 6.03 Å². The monoisotopic (exact) mass is 324 g/mol. The molecule has 0 aromatic carbocycles. The summed E-state index contributed by atoms with van der Waals surface area (Å²) in [6, 6.07) is 7.35. The Labute approximate surface area is 140 Å². The Kier molecular flexibility index (Phi) is 3.80.